The number of anilines is 1. The van der Waals surface area contributed by atoms with E-state index in [1.165, 1.54) is 6.33 Å². The summed E-state index contributed by atoms with van der Waals surface area (Å²) in [7, 11) is 0. The van der Waals surface area contributed by atoms with Gasteiger partial charge in [0.05, 0.1) is 13.1 Å². The Labute approximate surface area is 149 Å². The Morgan fingerprint density at radius 2 is 1.80 bits per heavy atom. The molecular weight excluding hydrogens is 338 g/mol. The summed E-state index contributed by atoms with van der Waals surface area (Å²) >= 11 is 6.10. The third kappa shape index (κ3) is 3.26. The number of benzene rings is 1. The van der Waals surface area contributed by atoms with Gasteiger partial charge in [0.15, 0.2) is 5.82 Å². The van der Waals surface area contributed by atoms with E-state index in [0.717, 1.165) is 22.5 Å². The van der Waals surface area contributed by atoms with Gasteiger partial charge >= 0.3 is 0 Å². The summed E-state index contributed by atoms with van der Waals surface area (Å²) in [5.41, 5.74) is 6.41. The first kappa shape index (κ1) is 15.8. The van der Waals surface area contributed by atoms with Crippen LogP contribution < -0.4 is 16.0 Å². The van der Waals surface area contributed by atoms with Crippen molar-refractivity contribution in [2.75, 3.05) is 5.01 Å². The molecule has 0 spiro atoms. The third-order valence-corrected chi connectivity index (χ3v) is 4.51. The molecule has 6 nitrogen and oxygen atoms in total. The van der Waals surface area contributed by atoms with Crippen LogP contribution in [0.25, 0.3) is 0 Å². The van der Waals surface area contributed by atoms with Crippen LogP contribution in [-0.4, -0.2) is 14.5 Å². The van der Waals surface area contributed by atoms with E-state index in [9.17, 15) is 4.79 Å². The first-order valence-corrected chi connectivity index (χ1v) is 8.32. The van der Waals surface area contributed by atoms with Crippen molar-refractivity contribution in [2.24, 2.45) is 0 Å². The van der Waals surface area contributed by atoms with Gasteiger partial charge in [-0.1, -0.05) is 41.9 Å². The summed E-state index contributed by atoms with van der Waals surface area (Å²) in [5, 5.41) is 2.46. The molecular formula is C18H16ClN5O. The Bertz CT molecular complexity index is 954. The Morgan fingerprint density at radius 1 is 1.04 bits per heavy atom. The molecule has 7 heteroatoms. The SMILES string of the molecule is O=c1ccccn1Cc1ccc(CN2NCc3c(Cl)ncnc32)cc1. The highest BCUT2D eigenvalue weighted by Crippen LogP contribution is 2.28. The smallest absolute Gasteiger partial charge is 0.250 e. The summed E-state index contributed by atoms with van der Waals surface area (Å²) in [5.74, 6) is 0.819. The quantitative estimate of drug-likeness (QED) is 0.729. The fourth-order valence-electron chi connectivity index (χ4n) is 2.87. The maximum atomic E-state index is 11.8. The van der Waals surface area contributed by atoms with Crippen molar-refractivity contribution >= 4 is 17.4 Å². The van der Waals surface area contributed by atoms with E-state index in [0.29, 0.717) is 24.8 Å². The summed E-state index contributed by atoms with van der Waals surface area (Å²) in [6.45, 7) is 1.86. The lowest BCUT2D eigenvalue weighted by molar-refractivity contribution is 0.662. The summed E-state index contributed by atoms with van der Waals surface area (Å²) in [6, 6.07) is 13.4. The third-order valence-electron chi connectivity index (χ3n) is 4.19. The molecule has 126 valence electrons. The predicted octanol–water partition coefficient (Wildman–Crippen LogP) is 2.36. The van der Waals surface area contributed by atoms with Gasteiger partial charge in [-0.05, 0) is 17.2 Å². The second-order valence-corrected chi connectivity index (χ2v) is 6.23. The minimum absolute atomic E-state index is 0.000938. The zero-order chi connectivity index (χ0) is 17.2. The minimum Gasteiger partial charge on any atom is -0.311 e. The molecule has 1 aliphatic heterocycles. The van der Waals surface area contributed by atoms with Gasteiger partial charge in [-0.2, -0.15) is 0 Å². The van der Waals surface area contributed by atoms with E-state index in [1.54, 1.807) is 22.9 Å². The van der Waals surface area contributed by atoms with E-state index in [2.05, 4.69) is 27.5 Å². The fraction of sp³-hybridized carbons (Fsp3) is 0.167. The average molecular weight is 354 g/mol. The van der Waals surface area contributed by atoms with Crippen molar-refractivity contribution in [3.05, 3.63) is 87.2 Å². The highest BCUT2D eigenvalue weighted by Gasteiger charge is 2.23. The van der Waals surface area contributed by atoms with Crippen molar-refractivity contribution in [2.45, 2.75) is 19.6 Å². The van der Waals surface area contributed by atoms with Crippen molar-refractivity contribution in [1.82, 2.24) is 20.0 Å². The number of nitrogens with one attached hydrogen (secondary N) is 1. The molecule has 0 unspecified atom stereocenters. The number of hydrogen-bond acceptors (Lipinski definition) is 5. The van der Waals surface area contributed by atoms with Crippen LogP contribution in [0.3, 0.4) is 0 Å². The Balaban J connectivity index is 1.48. The molecule has 0 amide bonds. The number of hydrogen-bond donors (Lipinski definition) is 1. The highest BCUT2D eigenvalue weighted by molar-refractivity contribution is 6.30. The van der Waals surface area contributed by atoms with Gasteiger partial charge in [-0.25, -0.2) is 15.4 Å². The van der Waals surface area contributed by atoms with Crippen LogP contribution in [0.5, 0.6) is 0 Å². The van der Waals surface area contributed by atoms with E-state index in [4.69, 9.17) is 11.6 Å². The topological polar surface area (TPSA) is 63.1 Å². The fourth-order valence-corrected chi connectivity index (χ4v) is 3.06. The van der Waals surface area contributed by atoms with Crippen LogP contribution in [0, 0.1) is 0 Å². The van der Waals surface area contributed by atoms with Crippen molar-refractivity contribution in [1.29, 1.82) is 0 Å². The van der Waals surface area contributed by atoms with Gasteiger partial charge in [-0.3, -0.25) is 9.80 Å². The average Bonchev–Trinajstić information content (AvgIpc) is 3.03. The number of fused-ring (bicyclic) bond motifs is 1. The van der Waals surface area contributed by atoms with Crippen LogP contribution in [0.1, 0.15) is 16.7 Å². The molecule has 0 saturated heterocycles. The van der Waals surface area contributed by atoms with Gasteiger partial charge in [0, 0.05) is 24.4 Å². The molecule has 25 heavy (non-hydrogen) atoms. The lowest BCUT2D eigenvalue weighted by atomic mass is 10.1. The molecule has 1 N–H and O–H groups in total. The summed E-state index contributed by atoms with van der Waals surface area (Å²) in [4.78, 5) is 20.1. The van der Waals surface area contributed by atoms with Crippen molar-refractivity contribution in [3.8, 4) is 0 Å². The molecule has 2 aromatic heterocycles. The van der Waals surface area contributed by atoms with Crippen molar-refractivity contribution in [3.63, 3.8) is 0 Å². The lowest BCUT2D eigenvalue weighted by Gasteiger charge is -2.18. The first-order chi connectivity index (χ1) is 12.2. The van der Waals surface area contributed by atoms with E-state index < -0.39 is 0 Å². The van der Waals surface area contributed by atoms with Gasteiger partial charge < -0.3 is 4.57 Å². The van der Waals surface area contributed by atoms with Gasteiger partial charge in [0.1, 0.15) is 11.5 Å². The van der Waals surface area contributed by atoms with Crippen LogP contribution in [0.15, 0.2) is 59.8 Å². The Morgan fingerprint density at radius 3 is 2.56 bits per heavy atom. The molecule has 3 heterocycles. The van der Waals surface area contributed by atoms with Crippen LogP contribution in [-0.2, 0) is 19.6 Å². The first-order valence-electron chi connectivity index (χ1n) is 7.94. The van der Waals surface area contributed by atoms with Gasteiger partial charge in [-0.15, -0.1) is 0 Å². The standard InChI is InChI=1S/C18H16ClN5O/c19-17-15-9-22-24(18(15)21-12-20-17)11-14-6-4-13(5-7-14)10-23-8-2-1-3-16(23)25/h1-8,12,22H,9-11H2. The van der Waals surface area contributed by atoms with Gasteiger partial charge in [0.2, 0.25) is 0 Å². The number of halogens is 1. The molecule has 1 aliphatic rings. The zero-order valence-corrected chi connectivity index (χ0v) is 14.1. The summed E-state index contributed by atoms with van der Waals surface area (Å²) < 4.78 is 1.69. The highest BCUT2D eigenvalue weighted by atomic mass is 35.5. The predicted molar refractivity (Wildman–Crippen MR) is 96.3 cm³/mol. The normalized spacial score (nSPS) is 13.1. The maximum Gasteiger partial charge on any atom is 0.250 e. The van der Waals surface area contributed by atoms with E-state index in [-0.39, 0.29) is 5.56 Å². The number of nitrogens with zero attached hydrogens (tertiary/aromatic N) is 4. The van der Waals surface area contributed by atoms with Gasteiger partial charge in [0.25, 0.3) is 5.56 Å². The number of rotatable bonds is 4. The molecule has 0 fully saturated rings. The molecule has 1 aromatic carbocycles. The molecule has 0 atom stereocenters. The monoisotopic (exact) mass is 353 g/mol. The minimum atomic E-state index is 0.000938. The zero-order valence-electron chi connectivity index (χ0n) is 13.4. The maximum absolute atomic E-state index is 11.8. The number of hydrazine groups is 1. The molecule has 3 aromatic rings. The lowest BCUT2D eigenvalue weighted by Crippen LogP contribution is -2.31. The van der Waals surface area contributed by atoms with E-state index >= 15 is 0 Å². The Hall–Kier alpha value is -2.70. The molecule has 0 aliphatic carbocycles. The second-order valence-electron chi connectivity index (χ2n) is 5.87. The Kier molecular flexibility index (Phi) is 4.21. The van der Waals surface area contributed by atoms with E-state index in [1.807, 2.05) is 23.2 Å². The second kappa shape index (κ2) is 6.66. The largest absolute Gasteiger partial charge is 0.311 e. The number of aromatic nitrogens is 3. The molecule has 4 rings (SSSR count). The van der Waals surface area contributed by atoms with Crippen LogP contribution >= 0.6 is 11.6 Å². The molecule has 0 saturated carbocycles. The van der Waals surface area contributed by atoms with Crippen LogP contribution in [0.4, 0.5) is 5.82 Å². The van der Waals surface area contributed by atoms with Crippen LogP contribution in [0.2, 0.25) is 5.15 Å². The molecule has 0 bridgehead atoms. The number of pyridine rings is 1. The molecule has 0 radical (unpaired) electrons. The summed E-state index contributed by atoms with van der Waals surface area (Å²) in [6.07, 6.45) is 3.27. The van der Waals surface area contributed by atoms with Crippen molar-refractivity contribution < 1.29 is 0 Å².